The molecule has 1 unspecified atom stereocenters. The fourth-order valence-corrected chi connectivity index (χ4v) is 2.05. The van der Waals surface area contributed by atoms with Gasteiger partial charge in [-0.15, -0.1) is 0 Å². The van der Waals surface area contributed by atoms with Gasteiger partial charge in [-0.25, -0.2) is 0 Å². The van der Waals surface area contributed by atoms with Gasteiger partial charge in [-0.2, -0.15) is 0 Å². The molecule has 0 bridgehead atoms. The molecule has 2 rings (SSSR count). The summed E-state index contributed by atoms with van der Waals surface area (Å²) in [6.07, 6.45) is 0.803. The summed E-state index contributed by atoms with van der Waals surface area (Å²) in [7, 11) is 2.08. The zero-order valence-electron chi connectivity index (χ0n) is 9.87. The molecule has 2 saturated heterocycles. The first-order valence-corrected chi connectivity index (χ1v) is 6.01. The van der Waals surface area contributed by atoms with Crippen molar-refractivity contribution in [1.82, 2.24) is 15.5 Å². The summed E-state index contributed by atoms with van der Waals surface area (Å²) >= 11 is 0. The molecule has 1 atom stereocenters. The van der Waals surface area contributed by atoms with E-state index in [-0.39, 0.29) is 12.0 Å². The van der Waals surface area contributed by atoms with Gasteiger partial charge in [0.1, 0.15) is 0 Å². The molecule has 0 aromatic carbocycles. The van der Waals surface area contributed by atoms with E-state index in [1.54, 1.807) is 0 Å². The zero-order valence-corrected chi connectivity index (χ0v) is 9.87. The lowest BCUT2D eigenvalue weighted by Crippen LogP contribution is -2.48. The molecule has 2 heterocycles. The van der Waals surface area contributed by atoms with E-state index in [1.165, 1.54) is 0 Å². The van der Waals surface area contributed by atoms with Crippen molar-refractivity contribution >= 4 is 5.91 Å². The molecule has 92 valence electrons. The third kappa shape index (κ3) is 3.43. The highest BCUT2D eigenvalue weighted by Crippen LogP contribution is 2.08. The van der Waals surface area contributed by atoms with Gasteiger partial charge < -0.3 is 20.3 Å². The summed E-state index contributed by atoms with van der Waals surface area (Å²) in [5.41, 5.74) is 0. The van der Waals surface area contributed by atoms with Gasteiger partial charge >= 0.3 is 0 Å². The van der Waals surface area contributed by atoms with Crippen LogP contribution in [-0.2, 0) is 9.53 Å². The summed E-state index contributed by atoms with van der Waals surface area (Å²) in [6.45, 7) is 5.27. The van der Waals surface area contributed by atoms with Gasteiger partial charge in [-0.05, 0) is 26.1 Å². The minimum atomic E-state index is 0.155. The number of ether oxygens (including phenoxy) is 1. The van der Waals surface area contributed by atoms with Crippen LogP contribution in [0.2, 0.25) is 0 Å². The Morgan fingerprint density at radius 1 is 1.56 bits per heavy atom. The number of hydrogen-bond acceptors (Lipinski definition) is 4. The van der Waals surface area contributed by atoms with Crippen LogP contribution < -0.4 is 10.6 Å². The van der Waals surface area contributed by atoms with Crippen LogP contribution >= 0.6 is 0 Å². The van der Waals surface area contributed by atoms with Crippen molar-refractivity contribution in [2.45, 2.75) is 12.5 Å². The quantitative estimate of drug-likeness (QED) is 0.650. The molecule has 0 aromatic rings. The van der Waals surface area contributed by atoms with Crippen LogP contribution in [0.5, 0.6) is 0 Å². The van der Waals surface area contributed by atoms with Gasteiger partial charge in [0.15, 0.2) is 0 Å². The van der Waals surface area contributed by atoms with Gasteiger partial charge in [0.25, 0.3) is 0 Å². The summed E-state index contributed by atoms with van der Waals surface area (Å²) in [4.78, 5) is 13.8. The summed E-state index contributed by atoms with van der Waals surface area (Å²) in [5, 5.41) is 6.12. The minimum Gasteiger partial charge on any atom is -0.374 e. The average Bonchev–Trinajstić information content (AvgIpc) is 2.21. The fraction of sp³-hybridized carbons (Fsp3) is 0.909. The van der Waals surface area contributed by atoms with E-state index in [0.29, 0.717) is 18.9 Å². The van der Waals surface area contributed by atoms with Crippen LogP contribution in [-0.4, -0.2) is 63.3 Å². The van der Waals surface area contributed by atoms with Gasteiger partial charge in [-0.1, -0.05) is 0 Å². The standard InChI is InChI=1S/C11H21N3O2/c1-14-2-3-16-10(8-14)7-13-11(15)4-9-5-12-6-9/h9-10,12H,2-8H2,1H3,(H,13,15). The van der Waals surface area contributed by atoms with Crippen LogP contribution in [0.4, 0.5) is 0 Å². The van der Waals surface area contributed by atoms with Crippen molar-refractivity contribution in [1.29, 1.82) is 0 Å². The second-order valence-electron chi connectivity index (χ2n) is 4.79. The second kappa shape index (κ2) is 5.61. The van der Waals surface area contributed by atoms with Crippen LogP contribution in [0.3, 0.4) is 0 Å². The molecular formula is C11H21N3O2. The predicted molar refractivity (Wildman–Crippen MR) is 61.2 cm³/mol. The first kappa shape index (κ1) is 11.8. The van der Waals surface area contributed by atoms with Gasteiger partial charge in [-0.3, -0.25) is 4.79 Å². The number of rotatable bonds is 4. The van der Waals surface area contributed by atoms with Crippen molar-refractivity contribution < 1.29 is 9.53 Å². The highest BCUT2D eigenvalue weighted by Gasteiger charge is 2.22. The summed E-state index contributed by atoms with van der Waals surface area (Å²) in [5.74, 6) is 0.693. The van der Waals surface area contributed by atoms with E-state index in [9.17, 15) is 4.79 Å². The predicted octanol–water partition coefficient (Wildman–Crippen LogP) is -0.957. The number of carbonyl (C=O) groups excluding carboxylic acids is 1. The van der Waals surface area contributed by atoms with Crippen molar-refractivity contribution in [2.24, 2.45) is 5.92 Å². The molecule has 2 aliphatic heterocycles. The largest absolute Gasteiger partial charge is 0.374 e. The van der Waals surface area contributed by atoms with E-state index in [2.05, 4.69) is 22.6 Å². The third-order valence-corrected chi connectivity index (χ3v) is 3.21. The Morgan fingerprint density at radius 3 is 3.00 bits per heavy atom. The van der Waals surface area contributed by atoms with E-state index in [0.717, 1.165) is 32.8 Å². The first-order valence-electron chi connectivity index (χ1n) is 6.01. The third-order valence-electron chi connectivity index (χ3n) is 3.21. The number of morpholine rings is 1. The molecule has 5 nitrogen and oxygen atoms in total. The zero-order chi connectivity index (χ0) is 11.4. The van der Waals surface area contributed by atoms with E-state index < -0.39 is 0 Å². The number of likely N-dealkylation sites (N-methyl/N-ethyl adjacent to an activating group) is 1. The Balaban J connectivity index is 1.60. The lowest BCUT2D eigenvalue weighted by molar-refractivity contribution is -0.123. The number of nitrogens with zero attached hydrogens (tertiary/aromatic N) is 1. The Labute approximate surface area is 96.5 Å². The number of carbonyl (C=O) groups is 1. The van der Waals surface area contributed by atoms with Crippen LogP contribution in [0.15, 0.2) is 0 Å². The normalized spacial score (nSPS) is 27.4. The van der Waals surface area contributed by atoms with Gasteiger partial charge in [0.05, 0.1) is 12.7 Å². The molecule has 2 fully saturated rings. The molecule has 0 aliphatic carbocycles. The molecule has 1 amide bonds. The Morgan fingerprint density at radius 2 is 2.38 bits per heavy atom. The van der Waals surface area contributed by atoms with Gasteiger partial charge in [0, 0.05) is 26.1 Å². The Hall–Kier alpha value is -0.650. The maximum atomic E-state index is 11.6. The van der Waals surface area contributed by atoms with E-state index in [4.69, 9.17) is 4.74 Å². The molecule has 0 aromatic heterocycles. The van der Waals surface area contributed by atoms with Crippen molar-refractivity contribution in [2.75, 3.05) is 46.4 Å². The van der Waals surface area contributed by atoms with Gasteiger partial charge in [0.2, 0.25) is 5.91 Å². The molecule has 16 heavy (non-hydrogen) atoms. The second-order valence-corrected chi connectivity index (χ2v) is 4.79. The maximum Gasteiger partial charge on any atom is 0.220 e. The molecule has 2 aliphatic rings. The lowest BCUT2D eigenvalue weighted by atomic mass is 9.99. The monoisotopic (exact) mass is 227 g/mol. The summed E-state index contributed by atoms with van der Waals surface area (Å²) in [6, 6.07) is 0. The average molecular weight is 227 g/mol. The van der Waals surface area contributed by atoms with E-state index in [1.807, 2.05) is 0 Å². The van der Waals surface area contributed by atoms with Crippen LogP contribution in [0.25, 0.3) is 0 Å². The minimum absolute atomic E-state index is 0.155. The Bertz CT molecular complexity index is 243. The van der Waals surface area contributed by atoms with Crippen LogP contribution in [0, 0.1) is 5.92 Å². The molecular weight excluding hydrogens is 206 g/mol. The van der Waals surface area contributed by atoms with E-state index >= 15 is 0 Å². The molecule has 0 saturated carbocycles. The first-order chi connectivity index (χ1) is 7.74. The maximum absolute atomic E-state index is 11.6. The number of hydrogen-bond donors (Lipinski definition) is 2. The van der Waals surface area contributed by atoms with Crippen molar-refractivity contribution in [3.05, 3.63) is 0 Å². The molecule has 0 spiro atoms. The van der Waals surface area contributed by atoms with Crippen LogP contribution in [0.1, 0.15) is 6.42 Å². The smallest absolute Gasteiger partial charge is 0.220 e. The number of nitrogens with one attached hydrogen (secondary N) is 2. The topological polar surface area (TPSA) is 53.6 Å². The summed E-state index contributed by atoms with van der Waals surface area (Å²) < 4.78 is 5.58. The van der Waals surface area contributed by atoms with Crippen molar-refractivity contribution in [3.63, 3.8) is 0 Å². The lowest BCUT2D eigenvalue weighted by Gasteiger charge is -2.30. The van der Waals surface area contributed by atoms with Crippen molar-refractivity contribution in [3.8, 4) is 0 Å². The molecule has 5 heteroatoms. The SMILES string of the molecule is CN1CCOC(CNC(=O)CC2CNC2)C1. The number of amides is 1. The molecule has 0 radical (unpaired) electrons. The Kier molecular flexibility index (Phi) is 4.15. The highest BCUT2D eigenvalue weighted by molar-refractivity contribution is 5.76. The highest BCUT2D eigenvalue weighted by atomic mass is 16.5. The fourth-order valence-electron chi connectivity index (χ4n) is 2.05. The molecule has 2 N–H and O–H groups in total.